The van der Waals surface area contributed by atoms with Gasteiger partial charge in [-0.3, -0.25) is 4.79 Å². The number of halogens is 1. The lowest BCUT2D eigenvalue weighted by Gasteiger charge is -2.21. The molecule has 0 atom stereocenters. The van der Waals surface area contributed by atoms with E-state index in [1.807, 2.05) is 47.1 Å². The summed E-state index contributed by atoms with van der Waals surface area (Å²) >= 11 is 0. The SMILES string of the molecule is Cc1cccn2cc(-c3ccc(NC(=O)C4CCNCC4)cc3)nc12.Cl. The molecule has 4 rings (SSSR count). The highest BCUT2D eigenvalue weighted by Gasteiger charge is 2.20. The second-order valence-electron chi connectivity index (χ2n) is 6.64. The van der Waals surface area contributed by atoms with Crippen molar-refractivity contribution in [1.29, 1.82) is 0 Å². The number of aryl methyl sites for hydroxylation is 1. The lowest BCUT2D eigenvalue weighted by molar-refractivity contribution is -0.120. The van der Waals surface area contributed by atoms with Crippen LogP contribution in [-0.2, 0) is 4.79 Å². The molecule has 0 unspecified atom stereocenters. The Morgan fingerprint density at radius 3 is 2.62 bits per heavy atom. The minimum absolute atomic E-state index is 0. The van der Waals surface area contributed by atoms with E-state index < -0.39 is 0 Å². The molecule has 1 saturated heterocycles. The number of anilines is 1. The maximum atomic E-state index is 12.3. The van der Waals surface area contributed by atoms with E-state index in [4.69, 9.17) is 4.98 Å². The Hall–Kier alpha value is -2.37. The number of carbonyl (C=O) groups is 1. The average Bonchev–Trinajstić information content (AvgIpc) is 3.09. The van der Waals surface area contributed by atoms with E-state index in [-0.39, 0.29) is 24.2 Å². The molecule has 3 heterocycles. The van der Waals surface area contributed by atoms with E-state index in [1.165, 1.54) is 0 Å². The van der Waals surface area contributed by atoms with Crippen LogP contribution >= 0.6 is 12.4 Å². The molecule has 0 radical (unpaired) electrons. The van der Waals surface area contributed by atoms with Gasteiger partial charge in [-0.15, -0.1) is 12.4 Å². The molecule has 136 valence electrons. The lowest BCUT2D eigenvalue weighted by Crippen LogP contribution is -2.34. The largest absolute Gasteiger partial charge is 0.326 e. The number of nitrogens with one attached hydrogen (secondary N) is 2. The second kappa shape index (κ2) is 7.89. The Bertz CT molecular complexity index is 898. The van der Waals surface area contributed by atoms with Gasteiger partial charge in [0.05, 0.1) is 5.69 Å². The van der Waals surface area contributed by atoms with Crippen molar-refractivity contribution in [2.75, 3.05) is 18.4 Å². The number of hydrogen-bond donors (Lipinski definition) is 2. The Kier molecular flexibility index (Phi) is 5.59. The Balaban J connectivity index is 0.00000196. The van der Waals surface area contributed by atoms with E-state index in [9.17, 15) is 4.79 Å². The lowest BCUT2D eigenvalue weighted by atomic mass is 9.97. The van der Waals surface area contributed by atoms with Crippen LogP contribution in [-0.4, -0.2) is 28.4 Å². The van der Waals surface area contributed by atoms with Gasteiger partial charge in [0.2, 0.25) is 5.91 Å². The number of amides is 1. The number of fused-ring (bicyclic) bond motifs is 1. The van der Waals surface area contributed by atoms with Crippen LogP contribution in [0.25, 0.3) is 16.9 Å². The van der Waals surface area contributed by atoms with Gasteiger partial charge in [0.25, 0.3) is 0 Å². The normalized spacial score (nSPS) is 14.8. The van der Waals surface area contributed by atoms with Gasteiger partial charge < -0.3 is 15.0 Å². The van der Waals surface area contributed by atoms with Crippen LogP contribution < -0.4 is 10.6 Å². The van der Waals surface area contributed by atoms with E-state index in [0.717, 1.165) is 54.1 Å². The number of aromatic nitrogens is 2. The van der Waals surface area contributed by atoms with Gasteiger partial charge in [0.1, 0.15) is 5.65 Å². The van der Waals surface area contributed by atoms with Gasteiger partial charge in [0.15, 0.2) is 0 Å². The molecule has 6 heteroatoms. The number of nitrogens with zero attached hydrogens (tertiary/aromatic N) is 2. The summed E-state index contributed by atoms with van der Waals surface area (Å²) in [6.45, 7) is 3.90. The predicted octanol–water partition coefficient (Wildman–Crippen LogP) is 3.67. The molecule has 2 N–H and O–H groups in total. The van der Waals surface area contributed by atoms with Crippen molar-refractivity contribution < 1.29 is 4.79 Å². The summed E-state index contributed by atoms with van der Waals surface area (Å²) in [5.41, 5.74) is 4.95. The molecule has 3 aromatic rings. The Morgan fingerprint density at radius 1 is 1.19 bits per heavy atom. The summed E-state index contributed by atoms with van der Waals surface area (Å²) < 4.78 is 2.04. The van der Waals surface area contributed by atoms with Crippen molar-refractivity contribution in [3.63, 3.8) is 0 Å². The zero-order chi connectivity index (χ0) is 17.2. The molecule has 0 aliphatic carbocycles. The Morgan fingerprint density at radius 2 is 1.92 bits per heavy atom. The van der Waals surface area contributed by atoms with Gasteiger partial charge in [-0.1, -0.05) is 18.2 Å². The number of piperidine rings is 1. The summed E-state index contributed by atoms with van der Waals surface area (Å²) in [6.07, 6.45) is 5.85. The van der Waals surface area contributed by atoms with Gasteiger partial charge >= 0.3 is 0 Å². The maximum absolute atomic E-state index is 12.3. The highest BCUT2D eigenvalue weighted by Crippen LogP contribution is 2.23. The van der Waals surface area contributed by atoms with Crippen molar-refractivity contribution in [1.82, 2.24) is 14.7 Å². The van der Waals surface area contributed by atoms with Crippen molar-refractivity contribution in [3.05, 3.63) is 54.4 Å². The molecule has 2 aromatic heterocycles. The number of benzene rings is 1. The summed E-state index contributed by atoms with van der Waals surface area (Å²) in [4.78, 5) is 17.0. The van der Waals surface area contributed by atoms with Crippen LogP contribution in [0.2, 0.25) is 0 Å². The molecule has 1 aliphatic heterocycles. The topological polar surface area (TPSA) is 58.4 Å². The van der Waals surface area contributed by atoms with Gasteiger partial charge in [-0.25, -0.2) is 4.98 Å². The summed E-state index contributed by atoms with van der Waals surface area (Å²) in [6, 6.07) is 12.0. The fraction of sp³-hybridized carbons (Fsp3) is 0.300. The van der Waals surface area contributed by atoms with E-state index in [2.05, 4.69) is 23.6 Å². The number of rotatable bonds is 3. The molecule has 1 amide bonds. The third kappa shape index (κ3) is 3.74. The third-order valence-electron chi connectivity index (χ3n) is 4.84. The number of carbonyl (C=O) groups excluding carboxylic acids is 1. The standard InChI is InChI=1S/C20H22N4O.ClH/c1-14-3-2-12-24-13-18(23-19(14)24)15-4-6-17(7-5-15)22-20(25)16-8-10-21-11-9-16;/h2-7,12-13,16,21H,8-11H2,1H3,(H,22,25);1H. The van der Waals surface area contributed by atoms with Gasteiger partial charge in [-0.05, 0) is 56.6 Å². The van der Waals surface area contributed by atoms with Crippen LogP contribution in [0.4, 0.5) is 5.69 Å². The molecule has 1 aromatic carbocycles. The van der Waals surface area contributed by atoms with Crippen LogP contribution in [0, 0.1) is 12.8 Å². The minimum atomic E-state index is 0. The summed E-state index contributed by atoms with van der Waals surface area (Å²) in [5.74, 6) is 0.236. The quantitative estimate of drug-likeness (QED) is 0.739. The summed E-state index contributed by atoms with van der Waals surface area (Å²) in [5, 5.41) is 6.32. The first-order valence-electron chi connectivity index (χ1n) is 8.77. The Labute approximate surface area is 159 Å². The maximum Gasteiger partial charge on any atom is 0.227 e. The van der Waals surface area contributed by atoms with Crippen LogP contribution in [0.15, 0.2) is 48.8 Å². The molecule has 1 fully saturated rings. The molecule has 1 aliphatic rings. The first-order valence-corrected chi connectivity index (χ1v) is 8.77. The fourth-order valence-electron chi connectivity index (χ4n) is 3.35. The van der Waals surface area contributed by atoms with Gasteiger partial charge in [0, 0.05) is 29.6 Å². The van der Waals surface area contributed by atoms with E-state index in [1.54, 1.807) is 0 Å². The van der Waals surface area contributed by atoms with E-state index >= 15 is 0 Å². The monoisotopic (exact) mass is 370 g/mol. The summed E-state index contributed by atoms with van der Waals surface area (Å²) in [7, 11) is 0. The number of pyridine rings is 1. The molecule has 0 saturated carbocycles. The molecule has 5 nitrogen and oxygen atoms in total. The third-order valence-corrected chi connectivity index (χ3v) is 4.84. The van der Waals surface area contributed by atoms with Crippen molar-refractivity contribution in [2.24, 2.45) is 5.92 Å². The second-order valence-corrected chi connectivity index (χ2v) is 6.64. The molecule has 0 spiro atoms. The zero-order valence-corrected chi connectivity index (χ0v) is 15.6. The number of hydrogen-bond acceptors (Lipinski definition) is 3. The number of imidazole rings is 1. The van der Waals surface area contributed by atoms with E-state index in [0.29, 0.717) is 0 Å². The predicted molar refractivity (Wildman–Crippen MR) is 107 cm³/mol. The average molecular weight is 371 g/mol. The first kappa shape index (κ1) is 18.4. The van der Waals surface area contributed by atoms with Crippen LogP contribution in [0.1, 0.15) is 18.4 Å². The highest BCUT2D eigenvalue weighted by molar-refractivity contribution is 5.92. The molecule has 26 heavy (non-hydrogen) atoms. The van der Waals surface area contributed by atoms with Crippen molar-refractivity contribution in [2.45, 2.75) is 19.8 Å². The van der Waals surface area contributed by atoms with Crippen molar-refractivity contribution >= 4 is 29.6 Å². The fourth-order valence-corrected chi connectivity index (χ4v) is 3.35. The molecular weight excluding hydrogens is 348 g/mol. The molecule has 0 bridgehead atoms. The molecular formula is C20H23ClN4O. The van der Waals surface area contributed by atoms with Crippen LogP contribution in [0.5, 0.6) is 0 Å². The first-order chi connectivity index (χ1) is 12.2. The zero-order valence-electron chi connectivity index (χ0n) is 14.7. The van der Waals surface area contributed by atoms with Crippen LogP contribution in [0.3, 0.4) is 0 Å². The minimum Gasteiger partial charge on any atom is -0.326 e. The smallest absolute Gasteiger partial charge is 0.227 e. The highest BCUT2D eigenvalue weighted by atomic mass is 35.5. The van der Waals surface area contributed by atoms with Crippen molar-refractivity contribution in [3.8, 4) is 11.3 Å². The van der Waals surface area contributed by atoms with Gasteiger partial charge in [-0.2, -0.15) is 0 Å².